The summed E-state index contributed by atoms with van der Waals surface area (Å²) >= 11 is 0. The first kappa shape index (κ1) is 11.2. The lowest BCUT2D eigenvalue weighted by atomic mass is 10.5. The fourth-order valence-corrected chi connectivity index (χ4v) is 1.13. The first-order valence-corrected chi connectivity index (χ1v) is 4.81. The Bertz CT molecular complexity index is 499. The van der Waals surface area contributed by atoms with Crippen molar-refractivity contribution in [3.63, 3.8) is 0 Å². The molecular formula is C9H15N5O. The highest BCUT2D eigenvalue weighted by Gasteiger charge is 2.06. The summed E-state index contributed by atoms with van der Waals surface area (Å²) in [5, 5.41) is 2.77. The number of hydrogen-bond acceptors (Lipinski definition) is 4. The number of H-pyrrole nitrogens is 1. The maximum Gasteiger partial charge on any atom is 0.280 e. The van der Waals surface area contributed by atoms with E-state index in [9.17, 15) is 4.79 Å². The molecule has 2 N–H and O–H groups in total. The number of imidazole rings is 1. The Morgan fingerprint density at radius 3 is 2.73 bits per heavy atom. The van der Waals surface area contributed by atoms with Crippen molar-refractivity contribution in [3.05, 3.63) is 16.7 Å². The molecule has 82 valence electrons. The molecule has 0 aromatic carbocycles. The van der Waals surface area contributed by atoms with Gasteiger partial charge in [0, 0.05) is 14.1 Å². The van der Waals surface area contributed by atoms with Gasteiger partial charge in [0.15, 0.2) is 11.2 Å². The fraction of sp³-hybridized carbons (Fsp3) is 0.444. The van der Waals surface area contributed by atoms with Crippen molar-refractivity contribution < 1.29 is 0 Å². The minimum absolute atomic E-state index is 0.227. The molecule has 0 saturated carbocycles. The summed E-state index contributed by atoms with van der Waals surface area (Å²) in [6, 6.07) is 0. The molecule has 0 aliphatic heterocycles. The van der Waals surface area contributed by atoms with Crippen molar-refractivity contribution in [3.8, 4) is 0 Å². The first-order chi connectivity index (χ1) is 7.22. The zero-order valence-corrected chi connectivity index (χ0v) is 9.33. The molecule has 2 aromatic rings. The van der Waals surface area contributed by atoms with Crippen LogP contribution in [0.4, 0.5) is 5.95 Å². The molecule has 0 radical (unpaired) electrons. The number of nitrogens with zero attached hydrogens (tertiary/aromatic N) is 3. The van der Waals surface area contributed by atoms with Gasteiger partial charge in [-0.1, -0.05) is 13.8 Å². The second-order valence-corrected chi connectivity index (χ2v) is 2.69. The molecule has 6 nitrogen and oxygen atoms in total. The van der Waals surface area contributed by atoms with Gasteiger partial charge < -0.3 is 9.88 Å². The van der Waals surface area contributed by atoms with Crippen LogP contribution in [0.25, 0.3) is 11.2 Å². The lowest BCUT2D eigenvalue weighted by Crippen LogP contribution is -2.11. The van der Waals surface area contributed by atoms with Gasteiger partial charge in [-0.3, -0.25) is 9.78 Å². The summed E-state index contributed by atoms with van der Waals surface area (Å²) in [6.07, 6.45) is 1.56. The molecule has 0 fully saturated rings. The predicted octanol–water partition coefficient (Wildman–Crippen LogP) is 0.724. The molecule has 0 aliphatic rings. The van der Waals surface area contributed by atoms with E-state index in [-0.39, 0.29) is 5.56 Å². The van der Waals surface area contributed by atoms with Crippen molar-refractivity contribution >= 4 is 17.1 Å². The Morgan fingerprint density at radius 2 is 2.13 bits per heavy atom. The van der Waals surface area contributed by atoms with Gasteiger partial charge in [-0.05, 0) is 0 Å². The second kappa shape index (κ2) is 4.59. The minimum atomic E-state index is -0.227. The summed E-state index contributed by atoms with van der Waals surface area (Å²) in [7, 11) is 3.49. The van der Waals surface area contributed by atoms with Gasteiger partial charge >= 0.3 is 0 Å². The third-order valence-electron chi connectivity index (χ3n) is 1.81. The lowest BCUT2D eigenvalue weighted by Gasteiger charge is -1.98. The Kier molecular flexibility index (Phi) is 3.43. The molecule has 2 aromatic heterocycles. The summed E-state index contributed by atoms with van der Waals surface area (Å²) in [4.78, 5) is 22.0. The molecule has 0 spiro atoms. The molecule has 0 saturated heterocycles. The van der Waals surface area contributed by atoms with E-state index in [1.165, 1.54) is 0 Å². The van der Waals surface area contributed by atoms with Gasteiger partial charge in [0.25, 0.3) is 5.56 Å². The van der Waals surface area contributed by atoms with Crippen LogP contribution < -0.4 is 10.9 Å². The van der Waals surface area contributed by atoms with Gasteiger partial charge in [-0.2, -0.15) is 4.98 Å². The van der Waals surface area contributed by atoms with E-state index in [1.807, 2.05) is 13.8 Å². The fourth-order valence-electron chi connectivity index (χ4n) is 1.13. The number of nitrogens with one attached hydrogen (secondary N) is 2. The summed E-state index contributed by atoms with van der Waals surface area (Å²) in [5.41, 5.74) is 0.713. The lowest BCUT2D eigenvalue weighted by molar-refractivity contribution is 0.928. The number of aromatic amines is 1. The molecule has 2 rings (SSSR count). The third kappa shape index (κ3) is 1.98. The Hall–Kier alpha value is -1.85. The van der Waals surface area contributed by atoms with Crippen LogP contribution in [-0.2, 0) is 7.05 Å². The van der Waals surface area contributed by atoms with Crippen LogP contribution in [0.3, 0.4) is 0 Å². The van der Waals surface area contributed by atoms with Crippen LogP contribution in [0.2, 0.25) is 0 Å². The molecule has 6 heteroatoms. The summed E-state index contributed by atoms with van der Waals surface area (Å²) in [6.45, 7) is 4.00. The van der Waals surface area contributed by atoms with E-state index in [2.05, 4.69) is 20.3 Å². The van der Waals surface area contributed by atoms with Crippen LogP contribution in [0.15, 0.2) is 11.1 Å². The molecule has 0 atom stereocenters. The zero-order valence-electron chi connectivity index (χ0n) is 9.33. The highest BCUT2D eigenvalue weighted by Crippen LogP contribution is 2.04. The van der Waals surface area contributed by atoms with Crippen molar-refractivity contribution in [1.82, 2.24) is 19.5 Å². The number of aryl methyl sites for hydroxylation is 1. The molecule has 2 heterocycles. The molecule has 15 heavy (non-hydrogen) atoms. The first-order valence-electron chi connectivity index (χ1n) is 4.81. The van der Waals surface area contributed by atoms with Crippen molar-refractivity contribution in [2.75, 3.05) is 12.4 Å². The summed E-state index contributed by atoms with van der Waals surface area (Å²) < 4.78 is 1.70. The number of rotatable bonds is 1. The monoisotopic (exact) mass is 209 g/mol. The maximum atomic E-state index is 11.4. The van der Waals surface area contributed by atoms with E-state index in [0.717, 1.165) is 0 Å². The number of aromatic nitrogens is 4. The Labute approximate surface area is 87.4 Å². The minimum Gasteiger partial charge on any atom is -0.359 e. The standard InChI is InChI=1S/C7H9N5O.C2H6/c1-8-7-10-5-4(6(13)11-7)9-3-12(5)2;1-2/h3H,1-2H3,(H2,8,10,11,13);1-2H3. The van der Waals surface area contributed by atoms with E-state index < -0.39 is 0 Å². The zero-order chi connectivity index (χ0) is 11.4. The largest absolute Gasteiger partial charge is 0.359 e. The van der Waals surface area contributed by atoms with Crippen molar-refractivity contribution in [2.45, 2.75) is 13.8 Å². The van der Waals surface area contributed by atoms with Crippen LogP contribution in [0.5, 0.6) is 0 Å². The molecule has 0 amide bonds. The Balaban J connectivity index is 0.000000531. The van der Waals surface area contributed by atoms with Gasteiger partial charge in [0.05, 0.1) is 6.33 Å². The smallest absolute Gasteiger partial charge is 0.280 e. The average Bonchev–Trinajstić information content (AvgIpc) is 2.64. The predicted molar refractivity (Wildman–Crippen MR) is 60.0 cm³/mol. The molecule has 0 aliphatic carbocycles. The van der Waals surface area contributed by atoms with Crippen LogP contribution in [-0.4, -0.2) is 26.6 Å². The van der Waals surface area contributed by atoms with Gasteiger partial charge in [-0.15, -0.1) is 0 Å². The van der Waals surface area contributed by atoms with E-state index in [0.29, 0.717) is 17.1 Å². The number of anilines is 1. The molecule has 0 bridgehead atoms. The van der Waals surface area contributed by atoms with Gasteiger partial charge in [0.2, 0.25) is 5.95 Å². The topological polar surface area (TPSA) is 75.6 Å². The van der Waals surface area contributed by atoms with Crippen LogP contribution in [0, 0.1) is 0 Å². The van der Waals surface area contributed by atoms with Crippen LogP contribution in [0.1, 0.15) is 13.8 Å². The normalized spacial score (nSPS) is 9.60. The van der Waals surface area contributed by atoms with E-state index in [4.69, 9.17) is 0 Å². The van der Waals surface area contributed by atoms with E-state index in [1.54, 1.807) is 25.0 Å². The maximum absolute atomic E-state index is 11.4. The average molecular weight is 209 g/mol. The SMILES string of the molecule is CC.CNc1nc2c(ncn2C)c(=O)[nH]1. The number of fused-ring (bicyclic) bond motifs is 1. The quantitative estimate of drug-likeness (QED) is 0.725. The van der Waals surface area contributed by atoms with Gasteiger partial charge in [0.1, 0.15) is 0 Å². The van der Waals surface area contributed by atoms with Crippen molar-refractivity contribution in [2.24, 2.45) is 7.05 Å². The molecular weight excluding hydrogens is 194 g/mol. The number of hydrogen-bond donors (Lipinski definition) is 2. The Morgan fingerprint density at radius 1 is 1.47 bits per heavy atom. The second-order valence-electron chi connectivity index (χ2n) is 2.69. The van der Waals surface area contributed by atoms with Gasteiger partial charge in [-0.25, -0.2) is 4.98 Å². The summed E-state index contributed by atoms with van der Waals surface area (Å²) in [5.74, 6) is 0.445. The molecule has 0 unspecified atom stereocenters. The van der Waals surface area contributed by atoms with E-state index >= 15 is 0 Å². The van der Waals surface area contributed by atoms with Crippen molar-refractivity contribution in [1.29, 1.82) is 0 Å². The third-order valence-corrected chi connectivity index (χ3v) is 1.81. The highest BCUT2D eigenvalue weighted by atomic mass is 16.1. The highest BCUT2D eigenvalue weighted by molar-refractivity contribution is 5.70. The van der Waals surface area contributed by atoms with Crippen LogP contribution >= 0.6 is 0 Å².